The molecule has 0 saturated carbocycles. The van der Waals surface area contributed by atoms with Crippen molar-refractivity contribution in [3.8, 4) is 29.1 Å². The molecule has 320 valence electrons. The van der Waals surface area contributed by atoms with Crippen LogP contribution in [0.15, 0.2) is 110 Å². The summed E-state index contributed by atoms with van der Waals surface area (Å²) in [4.78, 5) is 35.0. The van der Waals surface area contributed by atoms with E-state index < -0.39 is 76.7 Å². The van der Waals surface area contributed by atoms with E-state index in [2.05, 4.69) is 25.0 Å². The lowest BCUT2D eigenvalue weighted by atomic mass is 10.0. The molecule has 0 saturated heterocycles. The highest BCUT2D eigenvalue weighted by Gasteiger charge is 2.48. The Balaban J connectivity index is 1.39. The van der Waals surface area contributed by atoms with Crippen LogP contribution in [0.1, 0.15) is 69.4 Å². The molecular weight excluding hydrogens is 820 g/mol. The Kier molecular flexibility index (Phi) is 16.8. The fourth-order valence-corrected chi connectivity index (χ4v) is 5.22. The van der Waals surface area contributed by atoms with Gasteiger partial charge in [-0.2, -0.15) is 26.3 Å². The SMILES string of the molecule is C=CC(=O)OCCCCOc1ccc(C#Cc2ccc(C(F)=C(F)c3ccc(C(=O)Oc4ccc(OCCCCOC(=O)C=C)c(C(F)(F)F)c4C(F)(F)F)cc3)cc2)cc1. The molecule has 0 N–H and O–H groups in total. The zero-order chi connectivity index (χ0) is 44.6. The summed E-state index contributed by atoms with van der Waals surface area (Å²) in [5.74, 6) is -1.54. The molecule has 61 heavy (non-hydrogen) atoms. The van der Waals surface area contributed by atoms with Crippen molar-refractivity contribution >= 4 is 29.6 Å². The van der Waals surface area contributed by atoms with Crippen LogP contribution in [0.4, 0.5) is 35.1 Å². The fraction of sp³-hybridized carbons (Fsp3) is 0.222. The Bertz CT molecular complexity index is 2270. The first-order chi connectivity index (χ1) is 29.0. The smallest absolute Gasteiger partial charge is 0.420 e. The van der Waals surface area contributed by atoms with E-state index in [1.165, 1.54) is 24.3 Å². The van der Waals surface area contributed by atoms with Crippen molar-refractivity contribution < 1.29 is 73.2 Å². The minimum Gasteiger partial charge on any atom is -0.494 e. The number of hydrogen-bond acceptors (Lipinski definition) is 8. The number of ether oxygens (including phenoxy) is 5. The van der Waals surface area contributed by atoms with Gasteiger partial charge in [0.15, 0.2) is 11.7 Å². The first-order valence-electron chi connectivity index (χ1n) is 18.3. The topological polar surface area (TPSA) is 97.4 Å². The van der Waals surface area contributed by atoms with E-state index in [0.717, 1.165) is 36.4 Å². The number of esters is 3. The lowest BCUT2D eigenvalue weighted by molar-refractivity contribution is -0.163. The monoisotopic (exact) mass is 856 g/mol. The normalized spacial score (nSPS) is 11.6. The van der Waals surface area contributed by atoms with E-state index in [0.29, 0.717) is 48.5 Å². The molecule has 0 heterocycles. The van der Waals surface area contributed by atoms with Gasteiger partial charge in [-0.15, -0.1) is 0 Å². The molecule has 0 unspecified atom stereocenters. The van der Waals surface area contributed by atoms with Crippen LogP contribution >= 0.6 is 0 Å². The van der Waals surface area contributed by atoms with Crippen molar-refractivity contribution in [2.24, 2.45) is 0 Å². The van der Waals surface area contributed by atoms with Crippen LogP contribution in [0, 0.1) is 11.8 Å². The van der Waals surface area contributed by atoms with Crippen LogP contribution in [0.2, 0.25) is 0 Å². The van der Waals surface area contributed by atoms with Crippen LogP contribution in [-0.4, -0.2) is 44.3 Å². The maximum absolute atomic E-state index is 15.2. The van der Waals surface area contributed by atoms with E-state index >= 15 is 8.78 Å². The van der Waals surface area contributed by atoms with E-state index in [1.54, 1.807) is 24.3 Å². The predicted molar refractivity (Wildman–Crippen MR) is 208 cm³/mol. The summed E-state index contributed by atoms with van der Waals surface area (Å²) < 4.78 is 140. The fourth-order valence-electron chi connectivity index (χ4n) is 5.22. The lowest BCUT2D eigenvalue weighted by Gasteiger charge is -2.22. The minimum absolute atomic E-state index is 0.00851. The van der Waals surface area contributed by atoms with Gasteiger partial charge in [0.25, 0.3) is 0 Å². The Hall–Kier alpha value is -6.89. The lowest BCUT2D eigenvalue weighted by Crippen LogP contribution is -2.21. The number of unbranched alkanes of at least 4 members (excludes halogenated alkanes) is 2. The summed E-state index contributed by atoms with van der Waals surface area (Å²) in [6, 6.07) is 17.2. The number of benzene rings is 4. The van der Waals surface area contributed by atoms with Crippen molar-refractivity contribution in [2.75, 3.05) is 26.4 Å². The second-order valence-corrected chi connectivity index (χ2v) is 12.6. The molecule has 16 heteroatoms. The molecule has 0 aliphatic rings. The Morgan fingerprint density at radius 3 is 1.39 bits per heavy atom. The summed E-state index contributed by atoms with van der Waals surface area (Å²) in [5, 5.41) is 0. The number of carbonyl (C=O) groups excluding carboxylic acids is 3. The number of rotatable bonds is 18. The molecule has 0 aromatic heterocycles. The van der Waals surface area contributed by atoms with Crippen molar-refractivity contribution in [1.29, 1.82) is 0 Å². The summed E-state index contributed by atoms with van der Waals surface area (Å²) in [6.45, 7) is 6.59. The van der Waals surface area contributed by atoms with Gasteiger partial charge in [-0.1, -0.05) is 49.3 Å². The van der Waals surface area contributed by atoms with Crippen LogP contribution < -0.4 is 14.2 Å². The summed E-state index contributed by atoms with van der Waals surface area (Å²) in [5.41, 5.74) is -4.41. The summed E-state index contributed by atoms with van der Waals surface area (Å²) in [7, 11) is 0. The second kappa shape index (κ2) is 21.9. The highest BCUT2D eigenvalue weighted by atomic mass is 19.4. The Morgan fingerprint density at radius 1 is 0.525 bits per heavy atom. The third-order valence-electron chi connectivity index (χ3n) is 8.23. The van der Waals surface area contributed by atoms with Gasteiger partial charge in [-0.25, -0.2) is 23.2 Å². The molecule has 0 spiro atoms. The number of carbonyl (C=O) groups is 3. The van der Waals surface area contributed by atoms with E-state index in [4.69, 9.17) is 23.7 Å². The highest BCUT2D eigenvalue weighted by molar-refractivity contribution is 5.92. The molecule has 0 radical (unpaired) electrons. The predicted octanol–water partition coefficient (Wildman–Crippen LogP) is 10.9. The Labute approximate surface area is 345 Å². The highest BCUT2D eigenvalue weighted by Crippen LogP contribution is 2.49. The van der Waals surface area contributed by atoms with Gasteiger partial charge in [-0.05, 0) is 86.3 Å². The van der Waals surface area contributed by atoms with Gasteiger partial charge in [0, 0.05) is 34.4 Å². The number of halogens is 8. The van der Waals surface area contributed by atoms with Gasteiger partial charge in [-0.3, -0.25) is 0 Å². The Morgan fingerprint density at radius 2 is 0.918 bits per heavy atom. The van der Waals surface area contributed by atoms with Crippen LogP contribution in [0.3, 0.4) is 0 Å². The quantitative estimate of drug-likeness (QED) is 0.0186. The van der Waals surface area contributed by atoms with Crippen LogP contribution in [0.5, 0.6) is 17.2 Å². The average molecular weight is 857 g/mol. The largest absolute Gasteiger partial charge is 0.494 e. The van der Waals surface area contributed by atoms with Crippen LogP contribution in [-0.2, 0) is 31.4 Å². The van der Waals surface area contributed by atoms with Gasteiger partial charge in [0.1, 0.15) is 28.4 Å². The molecular formula is C45H36F8O8. The molecule has 4 rings (SSSR count). The van der Waals surface area contributed by atoms with Crippen LogP contribution in [0.25, 0.3) is 11.7 Å². The molecule has 8 nitrogen and oxygen atoms in total. The van der Waals surface area contributed by atoms with Gasteiger partial charge >= 0.3 is 30.3 Å². The number of hydrogen-bond donors (Lipinski definition) is 0. The molecule has 4 aromatic carbocycles. The zero-order valence-electron chi connectivity index (χ0n) is 32.1. The van der Waals surface area contributed by atoms with Crippen molar-refractivity contribution in [3.63, 3.8) is 0 Å². The van der Waals surface area contributed by atoms with Gasteiger partial charge in [0.05, 0.1) is 32.0 Å². The standard InChI is InChI=1S/C45H36F8O8/c1-3-37(54)59-27-7-5-25-57-34-21-13-30(14-22-34)10-9-29-11-15-31(16-12-29)41(46)42(47)32-17-19-33(20-18-32)43(56)61-36-24-23-35(58-26-6-8-28-60-38(55)4-2)39(44(48,49)50)40(36)45(51,52)53/h3-4,11-24H,1-2,5-8,25-28H2. The van der Waals surface area contributed by atoms with Crippen molar-refractivity contribution in [1.82, 2.24) is 0 Å². The summed E-state index contributed by atoms with van der Waals surface area (Å²) in [6.07, 6.45) is -7.87. The summed E-state index contributed by atoms with van der Waals surface area (Å²) >= 11 is 0. The minimum atomic E-state index is -5.67. The van der Waals surface area contributed by atoms with Crippen molar-refractivity contribution in [3.05, 3.63) is 149 Å². The molecule has 4 aromatic rings. The first kappa shape index (κ1) is 46.8. The van der Waals surface area contributed by atoms with E-state index in [-0.39, 0.29) is 37.2 Å². The van der Waals surface area contributed by atoms with E-state index in [9.17, 15) is 40.7 Å². The zero-order valence-corrected chi connectivity index (χ0v) is 32.1. The third-order valence-corrected chi connectivity index (χ3v) is 8.23. The number of alkyl halides is 6. The average Bonchev–Trinajstić information content (AvgIpc) is 3.24. The molecule has 0 amide bonds. The van der Waals surface area contributed by atoms with Gasteiger partial charge in [0.2, 0.25) is 0 Å². The second-order valence-electron chi connectivity index (χ2n) is 12.6. The molecule has 0 fully saturated rings. The molecule has 0 bridgehead atoms. The maximum atomic E-state index is 15.2. The maximum Gasteiger partial charge on any atom is 0.420 e. The molecule has 0 aliphatic heterocycles. The molecule has 0 aliphatic carbocycles. The van der Waals surface area contributed by atoms with Crippen molar-refractivity contribution in [2.45, 2.75) is 38.0 Å². The van der Waals surface area contributed by atoms with Gasteiger partial charge < -0.3 is 23.7 Å². The molecule has 0 atom stereocenters. The third kappa shape index (κ3) is 14.1. The first-order valence-corrected chi connectivity index (χ1v) is 18.3. The van der Waals surface area contributed by atoms with E-state index in [1.807, 2.05) is 0 Å².